The first-order chi connectivity index (χ1) is 16.4. The van der Waals surface area contributed by atoms with Crippen LogP contribution in [-0.4, -0.2) is 44.3 Å². The maximum absolute atomic E-state index is 13.2. The molecule has 1 aliphatic heterocycles. The molecule has 0 aromatic heterocycles. The zero-order valence-corrected chi connectivity index (χ0v) is 19.7. The minimum atomic E-state index is -4.05. The van der Waals surface area contributed by atoms with Crippen LogP contribution in [0.2, 0.25) is 0 Å². The lowest BCUT2D eigenvalue weighted by Gasteiger charge is -2.30. The van der Waals surface area contributed by atoms with Crippen LogP contribution in [0.25, 0.3) is 10.8 Å². The number of hydrogen-bond donors (Lipinski definition) is 1. The highest BCUT2D eigenvalue weighted by Gasteiger charge is 2.32. The number of hydrogen-bond acceptors (Lipinski definition) is 5. The first-order valence-corrected chi connectivity index (χ1v) is 12.9. The van der Waals surface area contributed by atoms with Gasteiger partial charge in [-0.25, -0.2) is 8.42 Å². The van der Waals surface area contributed by atoms with Crippen LogP contribution in [0.4, 0.5) is 0 Å². The van der Waals surface area contributed by atoms with Crippen LogP contribution in [-0.2, 0) is 31.0 Å². The highest BCUT2D eigenvalue weighted by Crippen LogP contribution is 2.20. The van der Waals surface area contributed by atoms with E-state index >= 15 is 0 Å². The van der Waals surface area contributed by atoms with E-state index in [1.54, 1.807) is 17.0 Å². The van der Waals surface area contributed by atoms with E-state index in [1.807, 2.05) is 54.6 Å². The molecule has 34 heavy (non-hydrogen) atoms. The molecule has 1 heterocycles. The molecule has 4 rings (SSSR count). The molecular weight excluding hydrogens is 452 g/mol. The van der Waals surface area contributed by atoms with Gasteiger partial charge in [0.1, 0.15) is 12.6 Å². The summed E-state index contributed by atoms with van der Waals surface area (Å²) in [5.74, 6) is -1.04. The number of nitrogens with zero attached hydrogens (tertiary/aromatic N) is 1. The van der Waals surface area contributed by atoms with Gasteiger partial charge in [0.25, 0.3) is 0 Å². The van der Waals surface area contributed by atoms with Crippen molar-refractivity contribution in [1.82, 2.24) is 9.62 Å². The summed E-state index contributed by atoms with van der Waals surface area (Å²) < 4.78 is 34.2. The Morgan fingerprint density at radius 1 is 0.882 bits per heavy atom. The van der Waals surface area contributed by atoms with E-state index in [9.17, 15) is 18.0 Å². The number of carbonyl (C=O) groups excluding carboxylic acids is 2. The first-order valence-electron chi connectivity index (χ1n) is 11.4. The van der Waals surface area contributed by atoms with Crippen LogP contribution in [0.15, 0.2) is 77.7 Å². The molecule has 0 unspecified atom stereocenters. The zero-order chi connectivity index (χ0) is 24.0. The van der Waals surface area contributed by atoms with Gasteiger partial charge in [0.05, 0.1) is 11.3 Å². The van der Waals surface area contributed by atoms with Crippen LogP contribution < -0.4 is 4.72 Å². The Labute approximate surface area is 199 Å². The van der Waals surface area contributed by atoms with Gasteiger partial charge in [0.15, 0.2) is 0 Å². The number of rotatable bonds is 8. The molecule has 1 fully saturated rings. The van der Waals surface area contributed by atoms with Crippen LogP contribution in [0, 0.1) is 0 Å². The normalized spacial score (nSPS) is 15.1. The molecule has 1 amide bonds. The van der Waals surface area contributed by atoms with E-state index in [2.05, 4.69) is 4.72 Å². The highest BCUT2D eigenvalue weighted by atomic mass is 32.2. The summed E-state index contributed by atoms with van der Waals surface area (Å²) >= 11 is 0. The van der Waals surface area contributed by atoms with Crippen LogP contribution in [0.3, 0.4) is 0 Å². The topological polar surface area (TPSA) is 92.8 Å². The van der Waals surface area contributed by atoms with Crippen molar-refractivity contribution in [3.8, 4) is 0 Å². The maximum atomic E-state index is 13.2. The molecule has 1 atom stereocenters. The molecule has 3 aromatic carbocycles. The second kappa shape index (κ2) is 10.8. The fraction of sp³-hybridized carbons (Fsp3) is 0.308. The summed E-state index contributed by atoms with van der Waals surface area (Å²) in [4.78, 5) is 27.5. The second-order valence-corrected chi connectivity index (χ2v) is 10.1. The third kappa shape index (κ3) is 6.01. The minimum Gasteiger partial charge on any atom is -0.461 e. The zero-order valence-electron chi connectivity index (χ0n) is 18.9. The van der Waals surface area contributed by atoms with Gasteiger partial charge < -0.3 is 9.64 Å². The van der Waals surface area contributed by atoms with E-state index in [4.69, 9.17) is 4.74 Å². The van der Waals surface area contributed by atoms with Crippen LogP contribution >= 0.6 is 0 Å². The third-order valence-corrected chi connectivity index (χ3v) is 7.38. The molecule has 7 nitrogen and oxygen atoms in total. The van der Waals surface area contributed by atoms with Crippen molar-refractivity contribution in [1.29, 1.82) is 0 Å². The number of piperidine rings is 1. The summed E-state index contributed by atoms with van der Waals surface area (Å²) in [7, 11) is -4.05. The monoisotopic (exact) mass is 480 g/mol. The molecule has 1 aliphatic rings. The predicted molar refractivity (Wildman–Crippen MR) is 129 cm³/mol. The molecule has 0 bridgehead atoms. The van der Waals surface area contributed by atoms with Crippen molar-refractivity contribution in [2.24, 2.45) is 0 Å². The third-order valence-electron chi connectivity index (χ3n) is 5.91. The SMILES string of the molecule is O=C(C[C@H](NS(=O)(=O)c1ccc2ccccc2c1)C(=O)N1CCCCC1)OCc1ccccc1. The van der Waals surface area contributed by atoms with E-state index in [0.29, 0.717) is 13.1 Å². The Kier molecular flexibility index (Phi) is 7.59. The average molecular weight is 481 g/mol. The Morgan fingerprint density at radius 3 is 2.29 bits per heavy atom. The molecule has 0 aliphatic carbocycles. The van der Waals surface area contributed by atoms with Crippen molar-refractivity contribution in [2.75, 3.05) is 13.1 Å². The second-order valence-electron chi connectivity index (χ2n) is 8.42. The number of carbonyl (C=O) groups is 2. The summed E-state index contributed by atoms with van der Waals surface area (Å²) in [6.45, 7) is 1.15. The summed E-state index contributed by atoms with van der Waals surface area (Å²) in [6.07, 6.45) is 2.36. The lowest BCUT2D eigenvalue weighted by atomic mass is 10.1. The molecule has 0 saturated carbocycles. The number of nitrogens with one attached hydrogen (secondary N) is 1. The van der Waals surface area contributed by atoms with Crippen LogP contribution in [0.5, 0.6) is 0 Å². The van der Waals surface area contributed by atoms with Gasteiger partial charge in [-0.3, -0.25) is 9.59 Å². The van der Waals surface area contributed by atoms with Gasteiger partial charge in [0, 0.05) is 13.1 Å². The van der Waals surface area contributed by atoms with E-state index in [-0.39, 0.29) is 17.9 Å². The van der Waals surface area contributed by atoms with Crippen molar-refractivity contribution >= 4 is 32.7 Å². The summed E-state index contributed by atoms with van der Waals surface area (Å²) in [5, 5.41) is 1.68. The lowest BCUT2D eigenvalue weighted by molar-refractivity contribution is -0.148. The Hall–Kier alpha value is -3.23. The van der Waals surface area contributed by atoms with Gasteiger partial charge in [0.2, 0.25) is 15.9 Å². The van der Waals surface area contributed by atoms with E-state index < -0.39 is 27.9 Å². The molecule has 0 spiro atoms. The summed E-state index contributed by atoms with van der Waals surface area (Å²) in [5.41, 5.74) is 0.812. The number of esters is 1. The molecule has 8 heteroatoms. The minimum absolute atomic E-state index is 0.0419. The lowest BCUT2D eigenvalue weighted by Crippen LogP contribution is -2.50. The largest absolute Gasteiger partial charge is 0.461 e. The van der Waals surface area contributed by atoms with Gasteiger partial charge in [-0.15, -0.1) is 0 Å². The van der Waals surface area contributed by atoms with E-state index in [1.165, 1.54) is 6.07 Å². The van der Waals surface area contributed by atoms with Crippen molar-refractivity contribution in [2.45, 2.75) is 43.2 Å². The number of sulfonamides is 1. The molecular formula is C26H28N2O5S. The summed E-state index contributed by atoms with van der Waals surface area (Å²) in [6, 6.07) is 20.2. The number of ether oxygens (including phenoxy) is 1. The number of likely N-dealkylation sites (tertiary alicyclic amines) is 1. The van der Waals surface area contributed by atoms with E-state index in [0.717, 1.165) is 35.6 Å². The van der Waals surface area contributed by atoms with Crippen LogP contribution in [0.1, 0.15) is 31.2 Å². The fourth-order valence-electron chi connectivity index (χ4n) is 4.07. The number of benzene rings is 3. The Morgan fingerprint density at radius 2 is 1.56 bits per heavy atom. The van der Waals surface area contributed by atoms with Gasteiger partial charge in [-0.2, -0.15) is 4.72 Å². The molecule has 1 N–H and O–H groups in total. The number of fused-ring (bicyclic) bond motifs is 1. The first kappa shape index (κ1) is 23.9. The average Bonchev–Trinajstić information content (AvgIpc) is 2.87. The quantitative estimate of drug-likeness (QED) is 0.497. The predicted octanol–water partition coefficient (Wildman–Crippen LogP) is 3.63. The van der Waals surface area contributed by atoms with Crippen molar-refractivity contribution in [3.63, 3.8) is 0 Å². The smallest absolute Gasteiger partial charge is 0.308 e. The van der Waals surface area contributed by atoms with Gasteiger partial charge >= 0.3 is 5.97 Å². The maximum Gasteiger partial charge on any atom is 0.308 e. The highest BCUT2D eigenvalue weighted by molar-refractivity contribution is 7.89. The molecule has 3 aromatic rings. The van der Waals surface area contributed by atoms with Crippen molar-refractivity contribution < 1.29 is 22.7 Å². The number of amides is 1. The van der Waals surface area contributed by atoms with Crippen molar-refractivity contribution in [3.05, 3.63) is 78.4 Å². The fourth-order valence-corrected chi connectivity index (χ4v) is 5.29. The van der Waals surface area contributed by atoms with Gasteiger partial charge in [-0.05, 0) is 47.7 Å². The van der Waals surface area contributed by atoms with Gasteiger partial charge in [-0.1, -0.05) is 60.7 Å². The molecule has 1 saturated heterocycles. The molecule has 178 valence electrons. The standard InChI is InChI=1S/C26H28N2O5S/c29-25(33-19-20-9-3-1-4-10-20)18-24(26(30)28-15-7-2-8-16-28)27-34(31,32)23-14-13-21-11-5-6-12-22(21)17-23/h1,3-6,9-14,17,24,27H,2,7-8,15-16,18-19H2/t24-/m0/s1. The Bertz CT molecular complexity index is 1250. The molecule has 0 radical (unpaired) electrons. The Balaban J connectivity index is 1.52.